The second-order valence-electron chi connectivity index (χ2n) is 4.18. The van der Waals surface area contributed by atoms with Crippen LogP contribution in [0.1, 0.15) is 13.8 Å². The fraction of sp³-hybridized carbons (Fsp3) is 0.583. The van der Waals surface area contributed by atoms with Gasteiger partial charge in [0.15, 0.2) is 12.2 Å². The van der Waals surface area contributed by atoms with Gasteiger partial charge in [0.2, 0.25) is 6.10 Å². The summed E-state index contributed by atoms with van der Waals surface area (Å²) in [6.45, 7) is 0.836. The van der Waals surface area contributed by atoms with Gasteiger partial charge in [-0.05, 0) is 0 Å². The van der Waals surface area contributed by atoms with Crippen molar-refractivity contribution in [3.63, 3.8) is 0 Å². The van der Waals surface area contributed by atoms with Crippen LogP contribution in [0.25, 0.3) is 0 Å². The van der Waals surface area contributed by atoms with E-state index in [0.29, 0.717) is 0 Å². The number of hydrogen-bond acceptors (Lipinski definition) is 11. The van der Waals surface area contributed by atoms with Crippen LogP contribution in [0.15, 0.2) is 5.16 Å². The van der Waals surface area contributed by atoms with Crippen LogP contribution >= 0.6 is 0 Å². The molecule has 0 rings (SSSR count). The molecule has 0 heterocycles. The van der Waals surface area contributed by atoms with Crippen molar-refractivity contribution in [1.29, 1.82) is 0 Å². The zero-order valence-corrected chi connectivity index (χ0v) is 13.0. The Morgan fingerprint density at radius 2 is 1.54 bits per heavy atom. The van der Waals surface area contributed by atoms with Crippen molar-refractivity contribution in [3.8, 4) is 0 Å². The van der Waals surface area contributed by atoms with Crippen LogP contribution in [0.5, 0.6) is 0 Å². The molecule has 24 heavy (non-hydrogen) atoms. The molecule has 12 heteroatoms. The van der Waals surface area contributed by atoms with E-state index in [0.717, 1.165) is 21.0 Å². The van der Waals surface area contributed by atoms with Gasteiger partial charge in [0.05, 0.1) is 13.7 Å². The van der Waals surface area contributed by atoms with E-state index >= 15 is 0 Å². The predicted octanol–water partition coefficient (Wildman–Crippen LogP) is -1.09. The molecule has 0 aliphatic carbocycles. The Kier molecular flexibility index (Phi) is 8.79. The molecule has 3 N–H and O–H groups in total. The summed E-state index contributed by atoms with van der Waals surface area (Å²) in [5, 5.41) is 29.4. The maximum Gasteiger partial charge on any atom is 0.506 e. The third kappa shape index (κ3) is 6.48. The van der Waals surface area contributed by atoms with Gasteiger partial charge in [-0.2, -0.15) is 0 Å². The van der Waals surface area contributed by atoms with Crippen molar-refractivity contribution in [2.75, 3.05) is 13.7 Å². The largest absolute Gasteiger partial charge is 0.506 e. The molecule has 0 amide bonds. The summed E-state index contributed by atoms with van der Waals surface area (Å²) < 4.78 is 18.3. The number of carbonyl (C=O) groups is 4. The summed E-state index contributed by atoms with van der Waals surface area (Å²) in [5.41, 5.74) is -0.704. The Hall–Kier alpha value is -2.89. The molecule has 0 bridgehead atoms. The van der Waals surface area contributed by atoms with Crippen molar-refractivity contribution in [2.45, 2.75) is 32.2 Å². The Balaban J connectivity index is 6.01. The highest BCUT2D eigenvalue weighted by molar-refractivity contribution is 5.92. The summed E-state index contributed by atoms with van der Waals surface area (Å²) in [6, 6.07) is 0. The minimum absolute atomic E-state index is 0.704. The molecule has 3 atom stereocenters. The zero-order valence-electron chi connectivity index (χ0n) is 13.0. The maximum absolute atomic E-state index is 11.8. The van der Waals surface area contributed by atoms with Crippen molar-refractivity contribution >= 4 is 29.8 Å². The van der Waals surface area contributed by atoms with Crippen LogP contribution in [0, 0.1) is 0 Å². The highest BCUT2D eigenvalue weighted by atomic mass is 16.7. The maximum atomic E-state index is 11.8. The lowest BCUT2D eigenvalue weighted by molar-refractivity contribution is -0.184. The summed E-state index contributed by atoms with van der Waals surface area (Å²) in [4.78, 5) is 45.0. The van der Waals surface area contributed by atoms with E-state index in [4.69, 9.17) is 20.2 Å². The number of nitrogens with zero attached hydrogens (tertiary/aromatic N) is 1. The molecule has 136 valence electrons. The fourth-order valence-electron chi connectivity index (χ4n) is 1.63. The lowest BCUT2D eigenvalue weighted by Crippen LogP contribution is -2.52. The molecule has 12 nitrogen and oxygen atoms in total. The van der Waals surface area contributed by atoms with E-state index in [2.05, 4.69) is 19.4 Å². The Morgan fingerprint density at radius 3 is 1.88 bits per heavy atom. The lowest BCUT2D eigenvalue weighted by atomic mass is 10.0. The second-order valence-corrected chi connectivity index (χ2v) is 4.18. The highest BCUT2D eigenvalue weighted by Gasteiger charge is 2.45. The molecule has 0 fully saturated rings. The number of carboxylic acid groups (broad SMARTS) is 1. The molecule has 0 aromatic carbocycles. The molecule has 0 aliphatic rings. The Bertz CT molecular complexity index is 515. The van der Waals surface area contributed by atoms with Crippen LogP contribution < -0.4 is 0 Å². The third-order valence-electron chi connectivity index (χ3n) is 2.47. The van der Waals surface area contributed by atoms with E-state index in [1.165, 1.54) is 0 Å². The molecule has 0 radical (unpaired) electrons. The van der Waals surface area contributed by atoms with E-state index in [-0.39, 0.29) is 0 Å². The molecule has 0 saturated carbocycles. The lowest BCUT2D eigenvalue weighted by Gasteiger charge is -2.29. The van der Waals surface area contributed by atoms with Crippen molar-refractivity contribution in [3.05, 3.63) is 0 Å². The first kappa shape index (κ1) is 21.1. The first-order valence-corrected chi connectivity index (χ1v) is 6.31. The molecule has 0 spiro atoms. The average Bonchev–Trinajstić information content (AvgIpc) is 2.49. The van der Waals surface area contributed by atoms with E-state index in [1.54, 1.807) is 0 Å². The fourth-order valence-corrected chi connectivity index (χ4v) is 1.63. The van der Waals surface area contributed by atoms with Crippen LogP contribution in [0.4, 0.5) is 4.79 Å². The number of hydrogen-bond donors (Lipinski definition) is 3. The minimum atomic E-state index is -1.95. The Morgan fingerprint density at radius 1 is 1.00 bits per heavy atom. The molecule has 0 aromatic rings. The first-order valence-electron chi connectivity index (χ1n) is 6.31. The molecular formula is C12H17NO11. The quantitative estimate of drug-likeness (QED) is 0.159. The standard InChI is InChI=1S/C12H17NO11/c1-5(15)22-9(10(11(17)21-3)23-6(2)16)8(24-12(18)19)7(4-14)13-20/h8-10,14,20H,4H2,1-3H3,(H,18,19)/t8-,9-,10-/m1/s1. The smallest absolute Gasteiger partial charge is 0.466 e. The molecule has 0 unspecified atom stereocenters. The van der Waals surface area contributed by atoms with Gasteiger partial charge < -0.3 is 34.4 Å². The van der Waals surface area contributed by atoms with Crippen LogP contribution in [0.2, 0.25) is 0 Å². The van der Waals surface area contributed by atoms with Gasteiger partial charge in [-0.3, -0.25) is 9.59 Å². The van der Waals surface area contributed by atoms with E-state index in [1.807, 2.05) is 0 Å². The van der Waals surface area contributed by atoms with Crippen molar-refractivity contribution in [1.82, 2.24) is 0 Å². The molecular weight excluding hydrogens is 334 g/mol. The molecule has 0 aliphatic heterocycles. The number of aliphatic hydroxyl groups is 1. The van der Waals surface area contributed by atoms with Gasteiger partial charge in [0, 0.05) is 13.8 Å². The number of esters is 3. The zero-order chi connectivity index (χ0) is 18.9. The van der Waals surface area contributed by atoms with Crippen molar-refractivity contribution < 1.29 is 53.5 Å². The predicted molar refractivity (Wildman–Crippen MR) is 72.3 cm³/mol. The van der Waals surface area contributed by atoms with Gasteiger partial charge in [-0.25, -0.2) is 9.59 Å². The Labute approximate surface area is 135 Å². The van der Waals surface area contributed by atoms with Gasteiger partial charge in [-0.15, -0.1) is 0 Å². The van der Waals surface area contributed by atoms with Gasteiger partial charge in [0.1, 0.15) is 5.71 Å². The normalized spacial score (nSPS) is 14.8. The number of rotatable bonds is 8. The third-order valence-corrected chi connectivity index (χ3v) is 2.47. The van der Waals surface area contributed by atoms with E-state index in [9.17, 15) is 19.2 Å². The number of methoxy groups -OCH3 is 1. The van der Waals surface area contributed by atoms with Gasteiger partial charge in [-0.1, -0.05) is 5.16 Å². The van der Waals surface area contributed by atoms with Crippen LogP contribution in [-0.4, -0.2) is 77.2 Å². The van der Waals surface area contributed by atoms with Crippen LogP contribution in [-0.2, 0) is 33.3 Å². The topological polar surface area (TPSA) is 178 Å². The number of aliphatic hydroxyl groups excluding tert-OH is 1. The van der Waals surface area contributed by atoms with Gasteiger partial charge in [0.25, 0.3) is 0 Å². The first-order chi connectivity index (χ1) is 11.2. The van der Waals surface area contributed by atoms with Gasteiger partial charge >= 0.3 is 24.1 Å². The molecule has 0 aromatic heterocycles. The van der Waals surface area contributed by atoms with E-state index < -0.39 is 54.7 Å². The minimum Gasteiger partial charge on any atom is -0.466 e. The second kappa shape index (κ2) is 9.99. The number of ether oxygens (including phenoxy) is 4. The summed E-state index contributed by atoms with van der Waals surface area (Å²) >= 11 is 0. The van der Waals surface area contributed by atoms with Crippen LogP contribution in [0.3, 0.4) is 0 Å². The molecule has 0 saturated heterocycles. The highest BCUT2D eigenvalue weighted by Crippen LogP contribution is 2.17. The number of oxime groups is 1. The summed E-state index contributed by atoms with van der Waals surface area (Å²) in [7, 11) is 0.934. The average molecular weight is 351 g/mol. The summed E-state index contributed by atoms with van der Waals surface area (Å²) in [6.07, 6.45) is -7.71. The SMILES string of the molecule is COC(=O)[C@H](OC(C)=O)[C@H](OC(C)=O)[C@H](OC(=O)O)C(CO)=NO. The number of carbonyl (C=O) groups excluding carboxylic acids is 3. The summed E-state index contributed by atoms with van der Waals surface area (Å²) in [5.74, 6) is -3.19. The van der Waals surface area contributed by atoms with Crippen molar-refractivity contribution in [2.24, 2.45) is 5.16 Å². The monoisotopic (exact) mass is 351 g/mol.